The van der Waals surface area contributed by atoms with Crippen LogP contribution >= 0.6 is 11.3 Å². The number of aromatic nitrogens is 3. The van der Waals surface area contributed by atoms with Gasteiger partial charge in [0.2, 0.25) is 5.89 Å². The van der Waals surface area contributed by atoms with E-state index in [1.165, 1.54) is 18.4 Å². The smallest absolute Gasteiger partial charge is 0.357 e. The quantitative estimate of drug-likeness (QED) is 0.820. The molecule has 1 N–H and O–H groups in total. The number of carbonyl (C=O) groups is 1. The molecule has 7 nitrogen and oxygen atoms in total. The molecule has 0 aliphatic carbocycles. The Hall–Kier alpha value is -1.96. The molecule has 0 spiro atoms. The van der Waals surface area contributed by atoms with Gasteiger partial charge in [-0.05, 0) is 0 Å². The number of rotatable bonds is 4. The first kappa shape index (κ1) is 11.5. The average molecular weight is 254 g/mol. The number of hydrogen-bond donors (Lipinski definition) is 1. The van der Waals surface area contributed by atoms with Crippen LogP contribution in [-0.4, -0.2) is 28.2 Å². The van der Waals surface area contributed by atoms with E-state index in [0.29, 0.717) is 23.4 Å². The van der Waals surface area contributed by atoms with E-state index in [-0.39, 0.29) is 5.69 Å². The second-order valence-electron chi connectivity index (χ2n) is 3.11. The van der Waals surface area contributed by atoms with Crippen LogP contribution in [0.15, 0.2) is 9.90 Å². The Labute approximate surface area is 101 Å². The molecule has 2 aromatic heterocycles. The first-order valence-corrected chi connectivity index (χ1v) is 5.64. The fourth-order valence-electron chi connectivity index (χ4n) is 1.12. The van der Waals surface area contributed by atoms with E-state index in [1.807, 2.05) is 0 Å². The number of thiazole rings is 1. The second-order valence-corrected chi connectivity index (χ2v) is 3.97. The average Bonchev–Trinajstić information content (AvgIpc) is 2.94. The highest BCUT2D eigenvalue weighted by atomic mass is 32.1. The third-order valence-electron chi connectivity index (χ3n) is 1.87. The maximum Gasteiger partial charge on any atom is 0.357 e. The molecule has 0 fully saturated rings. The molecule has 0 amide bonds. The number of hydrogen-bond acceptors (Lipinski definition) is 8. The minimum absolute atomic E-state index is 0.282. The van der Waals surface area contributed by atoms with Crippen molar-refractivity contribution in [2.24, 2.45) is 0 Å². The lowest BCUT2D eigenvalue weighted by Crippen LogP contribution is -2.04. The summed E-state index contributed by atoms with van der Waals surface area (Å²) in [7, 11) is 1.32. The minimum Gasteiger partial charge on any atom is -0.464 e. The first-order valence-electron chi connectivity index (χ1n) is 4.76. The Morgan fingerprint density at radius 2 is 2.41 bits per heavy atom. The largest absolute Gasteiger partial charge is 0.464 e. The zero-order valence-electron chi connectivity index (χ0n) is 9.26. The van der Waals surface area contributed by atoms with Crippen molar-refractivity contribution in [2.75, 3.05) is 12.4 Å². The zero-order valence-corrected chi connectivity index (χ0v) is 10.1. The molecule has 0 atom stereocenters. The van der Waals surface area contributed by atoms with Gasteiger partial charge in [-0.2, -0.15) is 4.98 Å². The Morgan fingerprint density at radius 3 is 3.06 bits per heavy atom. The lowest BCUT2D eigenvalue weighted by molar-refractivity contribution is 0.0595. The summed E-state index contributed by atoms with van der Waals surface area (Å²) in [6.07, 6.45) is 0. The summed E-state index contributed by atoms with van der Waals surface area (Å²) in [5.74, 6) is 0.596. The van der Waals surface area contributed by atoms with Gasteiger partial charge in [0.25, 0.3) is 0 Å². The van der Waals surface area contributed by atoms with Crippen molar-refractivity contribution in [3.8, 4) is 0 Å². The maximum absolute atomic E-state index is 11.2. The number of methoxy groups -OCH3 is 1. The third-order valence-corrected chi connectivity index (χ3v) is 2.67. The molecule has 0 unspecified atom stereocenters. The predicted molar refractivity (Wildman–Crippen MR) is 59.8 cm³/mol. The fourth-order valence-corrected chi connectivity index (χ4v) is 1.80. The fraction of sp³-hybridized carbons (Fsp3) is 0.333. The van der Waals surface area contributed by atoms with Gasteiger partial charge in [-0.3, -0.25) is 0 Å². The van der Waals surface area contributed by atoms with Crippen molar-refractivity contribution in [3.63, 3.8) is 0 Å². The molecular weight excluding hydrogens is 244 g/mol. The Kier molecular flexibility index (Phi) is 3.33. The Bertz CT molecular complexity index is 522. The normalized spacial score (nSPS) is 10.2. The van der Waals surface area contributed by atoms with Crippen molar-refractivity contribution in [1.82, 2.24) is 15.1 Å². The van der Waals surface area contributed by atoms with Crippen molar-refractivity contribution in [3.05, 3.63) is 22.8 Å². The summed E-state index contributed by atoms with van der Waals surface area (Å²) >= 11 is 1.31. The first-order chi connectivity index (χ1) is 8.19. The monoisotopic (exact) mass is 254 g/mol. The summed E-state index contributed by atoms with van der Waals surface area (Å²) in [6.45, 7) is 2.11. The van der Waals surface area contributed by atoms with Gasteiger partial charge in [0.05, 0.1) is 13.7 Å². The highest BCUT2D eigenvalue weighted by Gasteiger charge is 2.10. The highest BCUT2D eigenvalue weighted by Crippen LogP contribution is 2.16. The van der Waals surface area contributed by atoms with Gasteiger partial charge >= 0.3 is 5.97 Å². The number of carbonyl (C=O) groups excluding carboxylic acids is 1. The standard InChI is InChI=1S/C9H10N4O3S/c1-5-11-7(13-16-5)3-10-9-12-6(4-17-9)8(14)15-2/h4H,3H2,1-2H3,(H,10,12). The molecule has 0 saturated heterocycles. The summed E-state index contributed by atoms with van der Waals surface area (Å²) in [5.41, 5.74) is 0.282. The number of esters is 1. The van der Waals surface area contributed by atoms with Gasteiger partial charge in [0, 0.05) is 12.3 Å². The summed E-state index contributed by atoms with van der Waals surface area (Å²) < 4.78 is 9.37. The molecule has 2 heterocycles. The second kappa shape index (κ2) is 4.91. The van der Waals surface area contributed by atoms with Gasteiger partial charge in [-0.15, -0.1) is 11.3 Å². The van der Waals surface area contributed by atoms with Crippen LogP contribution in [0.25, 0.3) is 0 Å². The SMILES string of the molecule is COC(=O)c1csc(NCc2noc(C)n2)n1. The predicted octanol–water partition coefficient (Wildman–Crippen LogP) is 1.23. The molecule has 90 valence electrons. The van der Waals surface area contributed by atoms with Gasteiger partial charge < -0.3 is 14.6 Å². The maximum atomic E-state index is 11.2. The van der Waals surface area contributed by atoms with Crippen molar-refractivity contribution < 1.29 is 14.1 Å². The molecule has 2 rings (SSSR count). The highest BCUT2D eigenvalue weighted by molar-refractivity contribution is 7.13. The molecule has 2 aromatic rings. The molecule has 0 bridgehead atoms. The van der Waals surface area contributed by atoms with E-state index in [4.69, 9.17) is 4.52 Å². The van der Waals surface area contributed by atoms with E-state index < -0.39 is 5.97 Å². The number of anilines is 1. The third kappa shape index (κ3) is 2.78. The molecule has 0 saturated carbocycles. The Morgan fingerprint density at radius 1 is 1.59 bits per heavy atom. The van der Waals surface area contributed by atoms with Crippen LogP contribution in [0.3, 0.4) is 0 Å². The van der Waals surface area contributed by atoms with Crippen molar-refractivity contribution >= 4 is 22.4 Å². The molecular formula is C9H10N4O3S. The van der Waals surface area contributed by atoms with E-state index in [9.17, 15) is 4.79 Å². The topological polar surface area (TPSA) is 90.1 Å². The summed E-state index contributed by atoms with van der Waals surface area (Å²) in [6, 6.07) is 0. The molecule has 8 heteroatoms. The Balaban J connectivity index is 1.95. The minimum atomic E-state index is -0.454. The molecule has 0 radical (unpaired) electrons. The molecule has 0 aromatic carbocycles. The van der Waals surface area contributed by atoms with Crippen LogP contribution in [0, 0.1) is 6.92 Å². The summed E-state index contributed by atoms with van der Waals surface area (Å²) in [5, 5.41) is 8.94. The van der Waals surface area contributed by atoms with Crippen LogP contribution in [0.4, 0.5) is 5.13 Å². The van der Waals surface area contributed by atoms with Crippen LogP contribution in [-0.2, 0) is 11.3 Å². The number of nitrogens with zero attached hydrogens (tertiary/aromatic N) is 3. The van der Waals surface area contributed by atoms with Crippen LogP contribution < -0.4 is 5.32 Å². The molecule has 0 aliphatic rings. The lowest BCUT2D eigenvalue weighted by atomic mass is 10.5. The van der Waals surface area contributed by atoms with Gasteiger partial charge in [-0.1, -0.05) is 5.16 Å². The number of ether oxygens (including phenoxy) is 1. The number of nitrogens with one attached hydrogen (secondary N) is 1. The van der Waals surface area contributed by atoms with Crippen LogP contribution in [0.5, 0.6) is 0 Å². The number of aryl methyl sites for hydroxylation is 1. The van der Waals surface area contributed by atoms with Crippen molar-refractivity contribution in [2.45, 2.75) is 13.5 Å². The van der Waals surface area contributed by atoms with Gasteiger partial charge in [0.1, 0.15) is 0 Å². The molecule has 0 aliphatic heterocycles. The van der Waals surface area contributed by atoms with Crippen LogP contribution in [0.2, 0.25) is 0 Å². The van der Waals surface area contributed by atoms with Gasteiger partial charge in [0.15, 0.2) is 16.6 Å². The van der Waals surface area contributed by atoms with E-state index in [1.54, 1.807) is 12.3 Å². The molecule has 17 heavy (non-hydrogen) atoms. The van der Waals surface area contributed by atoms with Crippen LogP contribution in [0.1, 0.15) is 22.2 Å². The summed E-state index contributed by atoms with van der Waals surface area (Å²) in [4.78, 5) is 19.2. The van der Waals surface area contributed by atoms with Gasteiger partial charge in [-0.25, -0.2) is 9.78 Å². The van der Waals surface area contributed by atoms with E-state index in [0.717, 1.165) is 0 Å². The zero-order chi connectivity index (χ0) is 12.3. The van der Waals surface area contributed by atoms with Crippen molar-refractivity contribution in [1.29, 1.82) is 0 Å². The van der Waals surface area contributed by atoms with E-state index >= 15 is 0 Å². The van der Waals surface area contributed by atoms with E-state index in [2.05, 4.69) is 25.2 Å². The lowest BCUT2D eigenvalue weighted by Gasteiger charge is -1.96.